The first kappa shape index (κ1) is 14.1. The normalized spacial score (nSPS) is 11.1. The van der Waals surface area contributed by atoms with E-state index in [0.29, 0.717) is 23.7 Å². The van der Waals surface area contributed by atoms with Crippen LogP contribution in [-0.2, 0) is 20.6 Å². The van der Waals surface area contributed by atoms with Gasteiger partial charge < -0.3 is 9.47 Å². The highest BCUT2D eigenvalue weighted by atomic mass is 16.2. The monoisotopic (exact) mass is 277 g/mol. The molecule has 0 amide bonds. The molecule has 2 heterocycles. The lowest BCUT2D eigenvalue weighted by Gasteiger charge is -2.14. The SMILES string of the molecule is C=C(C)Cn1c(N(C)C)nc2c1c(=O)n(C)c(=O)n2C. The molecule has 2 aromatic rings. The van der Waals surface area contributed by atoms with Crippen molar-refractivity contribution in [3.8, 4) is 0 Å². The Morgan fingerprint density at radius 2 is 1.85 bits per heavy atom. The largest absolute Gasteiger partial charge is 0.348 e. The fourth-order valence-electron chi connectivity index (χ4n) is 2.20. The lowest BCUT2D eigenvalue weighted by Crippen LogP contribution is -2.37. The molecule has 7 heteroatoms. The fraction of sp³-hybridized carbons (Fsp3) is 0.462. The first-order valence-corrected chi connectivity index (χ1v) is 6.23. The third kappa shape index (κ3) is 1.95. The van der Waals surface area contributed by atoms with Gasteiger partial charge >= 0.3 is 5.69 Å². The average Bonchev–Trinajstić information content (AvgIpc) is 2.72. The Kier molecular flexibility index (Phi) is 3.29. The van der Waals surface area contributed by atoms with Crippen LogP contribution in [0.15, 0.2) is 21.7 Å². The van der Waals surface area contributed by atoms with Gasteiger partial charge in [-0.2, -0.15) is 4.98 Å². The number of rotatable bonds is 3. The van der Waals surface area contributed by atoms with Gasteiger partial charge in [0.05, 0.1) is 0 Å². The van der Waals surface area contributed by atoms with Gasteiger partial charge in [0.1, 0.15) is 0 Å². The summed E-state index contributed by atoms with van der Waals surface area (Å²) in [6.45, 7) is 6.26. The van der Waals surface area contributed by atoms with Crippen LogP contribution in [0.4, 0.5) is 5.95 Å². The number of hydrogen-bond donors (Lipinski definition) is 0. The number of imidazole rings is 1. The molecule has 0 saturated carbocycles. The minimum atomic E-state index is -0.382. The minimum Gasteiger partial charge on any atom is -0.348 e. The van der Waals surface area contributed by atoms with Gasteiger partial charge in [-0.1, -0.05) is 12.2 Å². The van der Waals surface area contributed by atoms with Crippen molar-refractivity contribution in [2.75, 3.05) is 19.0 Å². The van der Waals surface area contributed by atoms with Crippen LogP contribution in [0.25, 0.3) is 11.2 Å². The maximum atomic E-state index is 12.4. The average molecular weight is 277 g/mol. The van der Waals surface area contributed by atoms with Gasteiger partial charge in [-0.05, 0) is 6.92 Å². The lowest BCUT2D eigenvalue weighted by atomic mass is 10.3. The molecule has 0 aliphatic carbocycles. The summed E-state index contributed by atoms with van der Waals surface area (Å²) in [6.07, 6.45) is 0. The molecule has 2 rings (SSSR count). The van der Waals surface area contributed by atoms with Crippen LogP contribution in [0.3, 0.4) is 0 Å². The van der Waals surface area contributed by atoms with Crippen LogP contribution in [-0.4, -0.2) is 32.8 Å². The van der Waals surface area contributed by atoms with Gasteiger partial charge in [-0.15, -0.1) is 0 Å². The molecule has 0 fully saturated rings. The second-order valence-electron chi connectivity index (χ2n) is 5.23. The van der Waals surface area contributed by atoms with E-state index in [0.717, 1.165) is 10.1 Å². The van der Waals surface area contributed by atoms with Crippen molar-refractivity contribution in [3.63, 3.8) is 0 Å². The summed E-state index contributed by atoms with van der Waals surface area (Å²) in [5, 5.41) is 0. The zero-order valence-corrected chi connectivity index (χ0v) is 12.5. The Labute approximate surface area is 116 Å². The molecule has 108 valence electrons. The smallest absolute Gasteiger partial charge is 0.332 e. The van der Waals surface area contributed by atoms with Gasteiger partial charge in [0, 0.05) is 34.7 Å². The van der Waals surface area contributed by atoms with Gasteiger partial charge in [-0.25, -0.2) is 4.79 Å². The Morgan fingerprint density at radius 3 is 2.35 bits per heavy atom. The Bertz CT molecular complexity index is 807. The zero-order valence-electron chi connectivity index (χ0n) is 12.5. The maximum Gasteiger partial charge on any atom is 0.332 e. The van der Waals surface area contributed by atoms with Crippen molar-refractivity contribution in [1.82, 2.24) is 18.7 Å². The number of hydrogen-bond acceptors (Lipinski definition) is 4. The van der Waals surface area contributed by atoms with Crippen molar-refractivity contribution < 1.29 is 0 Å². The van der Waals surface area contributed by atoms with E-state index < -0.39 is 0 Å². The van der Waals surface area contributed by atoms with Crippen LogP contribution in [0.2, 0.25) is 0 Å². The number of anilines is 1. The molecule has 0 spiro atoms. The Morgan fingerprint density at radius 1 is 1.25 bits per heavy atom. The van der Waals surface area contributed by atoms with Crippen molar-refractivity contribution in [2.45, 2.75) is 13.5 Å². The van der Waals surface area contributed by atoms with E-state index in [9.17, 15) is 9.59 Å². The van der Waals surface area contributed by atoms with E-state index in [4.69, 9.17) is 0 Å². The third-order valence-corrected chi connectivity index (χ3v) is 3.16. The van der Waals surface area contributed by atoms with Crippen LogP contribution >= 0.6 is 0 Å². The number of allylic oxidation sites excluding steroid dienone is 1. The number of fused-ring (bicyclic) bond motifs is 1. The molecular weight excluding hydrogens is 258 g/mol. The molecule has 0 atom stereocenters. The summed E-state index contributed by atoms with van der Waals surface area (Å²) in [7, 11) is 6.77. The van der Waals surface area contributed by atoms with E-state index in [2.05, 4.69) is 11.6 Å². The number of nitrogens with zero attached hydrogens (tertiary/aromatic N) is 5. The first-order chi connectivity index (χ1) is 9.25. The van der Waals surface area contributed by atoms with Crippen LogP contribution in [0.1, 0.15) is 6.92 Å². The number of aromatic nitrogens is 4. The quantitative estimate of drug-likeness (QED) is 0.745. The standard InChI is InChI=1S/C13H19N5O2/c1-8(2)7-18-9-10(14-12(18)15(3)4)16(5)13(20)17(6)11(9)19/h1,7H2,2-6H3. The predicted molar refractivity (Wildman–Crippen MR) is 79.4 cm³/mol. The number of aryl methyl sites for hydroxylation is 1. The topological polar surface area (TPSA) is 65.1 Å². The van der Waals surface area contributed by atoms with Gasteiger partial charge in [0.25, 0.3) is 5.56 Å². The lowest BCUT2D eigenvalue weighted by molar-refractivity contribution is 0.701. The summed E-state index contributed by atoms with van der Waals surface area (Å²) < 4.78 is 4.27. The third-order valence-electron chi connectivity index (χ3n) is 3.16. The molecule has 0 saturated heterocycles. The van der Waals surface area contributed by atoms with Crippen LogP contribution < -0.4 is 16.1 Å². The van der Waals surface area contributed by atoms with Crippen molar-refractivity contribution in [3.05, 3.63) is 33.0 Å². The minimum absolute atomic E-state index is 0.343. The fourth-order valence-corrected chi connectivity index (χ4v) is 2.20. The van der Waals surface area contributed by atoms with Crippen LogP contribution in [0.5, 0.6) is 0 Å². The molecule has 0 unspecified atom stereocenters. The molecule has 2 aromatic heterocycles. The molecule has 20 heavy (non-hydrogen) atoms. The van der Waals surface area contributed by atoms with Crippen molar-refractivity contribution >= 4 is 17.1 Å². The van der Waals surface area contributed by atoms with Gasteiger partial charge in [0.2, 0.25) is 5.95 Å². The van der Waals surface area contributed by atoms with E-state index in [-0.39, 0.29) is 11.2 Å². The zero-order chi connectivity index (χ0) is 15.2. The maximum absolute atomic E-state index is 12.4. The predicted octanol–water partition coefficient (Wildman–Crippen LogP) is 0.0758. The second kappa shape index (κ2) is 4.66. The molecule has 0 aliphatic heterocycles. The summed E-state index contributed by atoms with van der Waals surface area (Å²) in [5.41, 5.74) is 0.991. The molecule has 0 aliphatic rings. The highest BCUT2D eigenvalue weighted by molar-refractivity contribution is 5.74. The summed E-state index contributed by atoms with van der Waals surface area (Å²) >= 11 is 0. The van der Waals surface area contributed by atoms with Crippen LogP contribution in [0, 0.1) is 0 Å². The summed E-state index contributed by atoms with van der Waals surface area (Å²) in [4.78, 5) is 30.6. The first-order valence-electron chi connectivity index (χ1n) is 6.23. The Hall–Kier alpha value is -2.31. The van der Waals surface area contributed by atoms with E-state index in [1.54, 1.807) is 11.6 Å². The van der Waals surface area contributed by atoms with Crippen molar-refractivity contribution in [2.24, 2.45) is 14.1 Å². The summed E-state index contributed by atoms with van der Waals surface area (Å²) in [5.74, 6) is 0.626. The Balaban J connectivity index is 3.01. The van der Waals surface area contributed by atoms with E-state index in [1.165, 1.54) is 11.6 Å². The molecule has 7 nitrogen and oxygen atoms in total. The van der Waals surface area contributed by atoms with Gasteiger partial charge in [-0.3, -0.25) is 13.9 Å². The van der Waals surface area contributed by atoms with E-state index >= 15 is 0 Å². The van der Waals surface area contributed by atoms with E-state index in [1.807, 2.05) is 25.9 Å². The van der Waals surface area contributed by atoms with Crippen molar-refractivity contribution in [1.29, 1.82) is 0 Å². The highest BCUT2D eigenvalue weighted by Gasteiger charge is 2.19. The molecule has 0 radical (unpaired) electrons. The highest BCUT2D eigenvalue weighted by Crippen LogP contribution is 2.18. The molecule has 0 aromatic carbocycles. The molecular formula is C13H19N5O2. The molecule has 0 bridgehead atoms. The summed E-state index contributed by atoms with van der Waals surface area (Å²) in [6, 6.07) is 0. The van der Waals surface area contributed by atoms with Gasteiger partial charge in [0.15, 0.2) is 11.2 Å². The molecule has 0 N–H and O–H groups in total. The second-order valence-corrected chi connectivity index (χ2v) is 5.23.